The third kappa shape index (κ3) is 8.29. The Labute approximate surface area is 196 Å². The second-order valence-electron chi connectivity index (χ2n) is 9.17. The standard InChI is InChI=1S/C27H34O6/c1-18(2)32-24-9-8-10-25(33-19(3)4)22(24)15-16-23(28)20-11-13-21(14-12-20)30-17-31-26(29)27(5,6)7/h8-16,18-19H,17H2,1-7H3. The lowest BCUT2D eigenvalue weighted by Gasteiger charge is -2.17. The molecule has 0 fully saturated rings. The Morgan fingerprint density at radius 3 is 1.91 bits per heavy atom. The predicted molar refractivity (Wildman–Crippen MR) is 129 cm³/mol. The van der Waals surface area contributed by atoms with Gasteiger partial charge in [-0.25, -0.2) is 0 Å². The smallest absolute Gasteiger partial charge is 0.314 e. The molecule has 0 radical (unpaired) electrons. The summed E-state index contributed by atoms with van der Waals surface area (Å²) in [7, 11) is 0. The highest BCUT2D eigenvalue weighted by molar-refractivity contribution is 6.07. The number of hydrogen-bond donors (Lipinski definition) is 0. The van der Waals surface area contributed by atoms with Crippen LogP contribution in [0.15, 0.2) is 48.5 Å². The normalized spacial score (nSPS) is 11.7. The molecule has 2 aromatic carbocycles. The van der Waals surface area contributed by atoms with Crippen LogP contribution in [0.1, 0.15) is 64.4 Å². The van der Waals surface area contributed by atoms with Crippen LogP contribution in [0.25, 0.3) is 6.08 Å². The van der Waals surface area contributed by atoms with E-state index in [4.69, 9.17) is 18.9 Å². The van der Waals surface area contributed by atoms with Crippen LogP contribution >= 0.6 is 0 Å². The van der Waals surface area contributed by atoms with Crippen molar-refractivity contribution in [3.8, 4) is 17.2 Å². The maximum absolute atomic E-state index is 12.7. The molecule has 0 spiro atoms. The zero-order chi connectivity index (χ0) is 24.6. The minimum atomic E-state index is -0.592. The monoisotopic (exact) mass is 454 g/mol. The second kappa shape index (κ2) is 11.5. The van der Waals surface area contributed by atoms with Crippen molar-refractivity contribution < 1.29 is 28.5 Å². The lowest BCUT2D eigenvalue weighted by molar-refractivity contribution is -0.159. The van der Waals surface area contributed by atoms with Gasteiger partial charge in [-0.1, -0.05) is 6.07 Å². The summed E-state index contributed by atoms with van der Waals surface area (Å²) in [4.78, 5) is 24.5. The maximum atomic E-state index is 12.7. The van der Waals surface area contributed by atoms with Crippen LogP contribution in [0.2, 0.25) is 0 Å². The first kappa shape index (κ1) is 26.0. The predicted octanol–water partition coefficient (Wildman–Crippen LogP) is 6.08. The average molecular weight is 455 g/mol. The van der Waals surface area contributed by atoms with E-state index in [1.807, 2.05) is 45.9 Å². The second-order valence-corrected chi connectivity index (χ2v) is 9.17. The molecular weight excluding hydrogens is 420 g/mol. The topological polar surface area (TPSA) is 71.1 Å². The Morgan fingerprint density at radius 1 is 0.879 bits per heavy atom. The molecule has 2 aromatic rings. The van der Waals surface area contributed by atoms with E-state index in [9.17, 15) is 9.59 Å². The summed E-state index contributed by atoms with van der Waals surface area (Å²) in [6.07, 6.45) is 3.18. The van der Waals surface area contributed by atoms with Crippen molar-refractivity contribution in [2.45, 2.75) is 60.7 Å². The van der Waals surface area contributed by atoms with Crippen molar-refractivity contribution >= 4 is 17.8 Å². The van der Waals surface area contributed by atoms with Gasteiger partial charge in [-0.2, -0.15) is 0 Å². The molecule has 33 heavy (non-hydrogen) atoms. The molecule has 0 aromatic heterocycles. The number of benzene rings is 2. The number of allylic oxidation sites excluding steroid dienone is 1. The molecule has 0 aliphatic carbocycles. The van der Waals surface area contributed by atoms with Gasteiger partial charge in [0.1, 0.15) is 17.2 Å². The van der Waals surface area contributed by atoms with E-state index in [1.165, 1.54) is 6.08 Å². The third-order valence-corrected chi connectivity index (χ3v) is 4.32. The molecule has 6 nitrogen and oxygen atoms in total. The summed E-state index contributed by atoms with van der Waals surface area (Å²) in [5, 5.41) is 0. The molecule has 0 aliphatic rings. The largest absolute Gasteiger partial charge is 0.490 e. The van der Waals surface area contributed by atoms with Crippen molar-refractivity contribution in [3.05, 3.63) is 59.7 Å². The maximum Gasteiger partial charge on any atom is 0.314 e. The van der Waals surface area contributed by atoms with E-state index in [0.717, 1.165) is 0 Å². The fourth-order valence-corrected chi connectivity index (χ4v) is 2.74. The van der Waals surface area contributed by atoms with Gasteiger partial charge in [0.25, 0.3) is 0 Å². The molecule has 0 aliphatic heterocycles. The molecular formula is C27H34O6. The fraction of sp³-hybridized carbons (Fsp3) is 0.407. The first-order valence-electron chi connectivity index (χ1n) is 11.1. The quantitative estimate of drug-likeness (QED) is 0.187. The molecule has 178 valence electrons. The molecule has 0 saturated carbocycles. The number of ketones is 1. The van der Waals surface area contributed by atoms with Gasteiger partial charge in [-0.3, -0.25) is 9.59 Å². The molecule has 0 N–H and O–H groups in total. The van der Waals surface area contributed by atoms with E-state index in [0.29, 0.717) is 28.4 Å². The van der Waals surface area contributed by atoms with Crippen LogP contribution in [0, 0.1) is 5.41 Å². The Balaban J connectivity index is 2.10. The highest BCUT2D eigenvalue weighted by Gasteiger charge is 2.23. The number of esters is 1. The van der Waals surface area contributed by atoms with Crippen molar-refractivity contribution in [1.82, 2.24) is 0 Å². The van der Waals surface area contributed by atoms with Gasteiger partial charge < -0.3 is 18.9 Å². The fourth-order valence-electron chi connectivity index (χ4n) is 2.74. The van der Waals surface area contributed by atoms with Crippen molar-refractivity contribution in [1.29, 1.82) is 0 Å². The zero-order valence-corrected chi connectivity index (χ0v) is 20.5. The van der Waals surface area contributed by atoms with Crippen LogP contribution in [-0.4, -0.2) is 30.8 Å². The molecule has 0 amide bonds. The summed E-state index contributed by atoms with van der Waals surface area (Å²) in [6.45, 7) is 12.9. The summed E-state index contributed by atoms with van der Waals surface area (Å²) < 4.78 is 22.3. The van der Waals surface area contributed by atoms with Gasteiger partial charge in [0.2, 0.25) is 6.79 Å². The molecule has 0 bridgehead atoms. The average Bonchev–Trinajstić information content (AvgIpc) is 2.72. The van der Waals surface area contributed by atoms with Gasteiger partial charge in [-0.15, -0.1) is 0 Å². The van der Waals surface area contributed by atoms with Gasteiger partial charge in [-0.05, 0) is 97.0 Å². The van der Waals surface area contributed by atoms with E-state index in [-0.39, 0.29) is 30.8 Å². The van der Waals surface area contributed by atoms with Crippen LogP contribution in [-0.2, 0) is 9.53 Å². The molecule has 6 heteroatoms. The number of carbonyl (C=O) groups is 2. The van der Waals surface area contributed by atoms with Crippen LogP contribution in [0.4, 0.5) is 0 Å². The van der Waals surface area contributed by atoms with Gasteiger partial charge in [0, 0.05) is 5.56 Å². The van der Waals surface area contributed by atoms with E-state index in [1.54, 1.807) is 51.1 Å². The zero-order valence-electron chi connectivity index (χ0n) is 20.5. The lowest BCUT2D eigenvalue weighted by Crippen LogP contribution is -2.24. The molecule has 0 saturated heterocycles. The first-order chi connectivity index (χ1) is 15.5. The minimum absolute atomic E-state index is 0.0163. The van der Waals surface area contributed by atoms with Crippen LogP contribution in [0.5, 0.6) is 17.2 Å². The third-order valence-electron chi connectivity index (χ3n) is 4.32. The van der Waals surface area contributed by atoms with Crippen molar-refractivity contribution in [2.75, 3.05) is 6.79 Å². The van der Waals surface area contributed by atoms with Crippen molar-refractivity contribution in [2.24, 2.45) is 5.41 Å². The highest BCUT2D eigenvalue weighted by Crippen LogP contribution is 2.31. The van der Waals surface area contributed by atoms with Gasteiger partial charge >= 0.3 is 5.97 Å². The molecule has 0 heterocycles. The number of ether oxygens (including phenoxy) is 4. The summed E-state index contributed by atoms with van der Waals surface area (Å²) in [5.41, 5.74) is 0.623. The Kier molecular flexibility index (Phi) is 9.09. The molecule has 2 rings (SSSR count). The Hall–Kier alpha value is -3.28. The summed E-state index contributed by atoms with van der Waals surface area (Å²) in [6, 6.07) is 12.2. The Bertz CT molecular complexity index is 937. The number of rotatable bonds is 10. The molecule has 0 unspecified atom stereocenters. The SMILES string of the molecule is CC(C)Oc1cccc(OC(C)C)c1C=CC(=O)c1ccc(OCOC(=O)C(C)(C)C)cc1. The molecule has 0 atom stereocenters. The van der Waals surface area contributed by atoms with Gasteiger partial charge in [0.15, 0.2) is 5.78 Å². The lowest BCUT2D eigenvalue weighted by atomic mass is 9.98. The van der Waals surface area contributed by atoms with E-state index in [2.05, 4.69) is 0 Å². The van der Waals surface area contributed by atoms with Crippen LogP contribution in [0.3, 0.4) is 0 Å². The van der Waals surface area contributed by atoms with E-state index < -0.39 is 5.41 Å². The minimum Gasteiger partial charge on any atom is -0.490 e. The number of carbonyl (C=O) groups excluding carboxylic acids is 2. The first-order valence-corrected chi connectivity index (χ1v) is 11.1. The van der Waals surface area contributed by atoms with E-state index >= 15 is 0 Å². The van der Waals surface area contributed by atoms with Crippen LogP contribution < -0.4 is 14.2 Å². The van der Waals surface area contributed by atoms with Gasteiger partial charge in [0.05, 0.1) is 23.2 Å². The highest BCUT2D eigenvalue weighted by atomic mass is 16.7. The summed E-state index contributed by atoms with van der Waals surface area (Å²) in [5.74, 6) is 1.29. The Morgan fingerprint density at radius 2 is 1.42 bits per heavy atom. The van der Waals surface area contributed by atoms with Crippen molar-refractivity contribution in [3.63, 3.8) is 0 Å². The number of hydrogen-bond acceptors (Lipinski definition) is 6. The summed E-state index contributed by atoms with van der Waals surface area (Å²) >= 11 is 0.